The van der Waals surface area contributed by atoms with E-state index in [0.717, 1.165) is 25.4 Å². The summed E-state index contributed by atoms with van der Waals surface area (Å²) in [6.07, 6.45) is 7.30. The number of benzene rings is 1. The quantitative estimate of drug-likeness (QED) is 0.851. The third kappa shape index (κ3) is 3.58. The van der Waals surface area contributed by atoms with Crippen molar-refractivity contribution in [2.24, 2.45) is 5.92 Å². The predicted molar refractivity (Wildman–Crippen MR) is 78.1 cm³/mol. The Bertz CT molecular complexity index is 396. The Kier molecular flexibility index (Phi) is 4.19. The Morgan fingerprint density at radius 1 is 1.00 bits per heavy atom. The lowest BCUT2D eigenvalue weighted by molar-refractivity contribution is 0.0695. The summed E-state index contributed by atoms with van der Waals surface area (Å²) in [4.78, 5) is 0. The first-order valence-corrected chi connectivity index (χ1v) is 7.80. The molecule has 2 unspecified atom stereocenters. The van der Waals surface area contributed by atoms with Crippen LogP contribution in [0, 0.1) is 5.92 Å². The van der Waals surface area contributed by atoms with Gasteiger partial charge in [0.1, 0.15) is 0 Å². The summed E-state index contributed by atoms with van der Waals surface area (Å²) in [6.45, 7) is 1.87. The molecular weight excluding hydrogens is 234 g/mol. The van der Waals surface area contributed by atoms with E-state index in [9.17, 15) is 5.11 Å². The molecule has 0 bridgehead atoms. The average Bonchev–Trinajstić information content (AvgIpc) is 3.26. The molecule has 19 heavy (non-hydrogen) atoms. The van der Waals surface area contributed by atoms with E-state index in [2.05, 4.69) is 29.6 Å². The van der Waals surface area contributed by atoms with Crippen LogP contribution in [0.15, 0.2) is 24.3 Å². The van der Waals surface area contributed by atoms with E-state index in [0.29, 0.717) is 5.92 Å². The normalized spacial score (nSPS) is 27.4. The smallest absolute Gasteiger partial charge is 0.0580 e. The summed E-state index contributed by atoms with van der Waals surface area (Å²) in [5.74, 6) is 1.30. The van der Waals surface area contributed by atoms with Gasteiger partial charge in [-0.15, -0.1) is 0 Å². The molecule has 2 heteroatoms. The van der Waals surface area contributed by atoms with Crippen LogP contribution < -0.4 is 5.32 Å². The topological polar surface area (TPSA) is 32.3 Å². The van der Waals surface area contributed by atoms with Crippen LogP contribution in [0.1, 0.15) is 55.6 Å². The van der Waals surface area contributed by atoms with Crippen molar-refractivity contribution in [1.82, 2.24) is 5.32 Å². The first kappa shape index (κ1) is 13.1. The van der Waals surface area contributed by atoms with Crippen LogP contribution in [0.2, 0.25) is 0 Å². The summed E-state index contributed by atoms with van der Waals surface area (Å²) in [5, 5.41) is 13.4. The zero-order valence-electron chi connectivity index (χ0n) is 11.6. The number of hydrogen-bond acceptors (Lipinski definition) is 2. The molecule has 2 nitrogen and oxygen atoms in total. The average molecular weight is 259 g/mol. The van der Waals surface area contributed by atoms with E-state index in [1.165, 1.54) is 43.2 Å². The molecule has 1 aromatic carbocycles. The first-order chi connectivity index (χ1) is 9.33. The van der Waals surface area contributed by atoms with Gasteiger partial charge in [-0.25, -0.2) is 0 Å². The van der Waals surface area contributed by atoms with Gasteiger partial charge in [-0.2, -0.15) is 0 Å². The molecule has 3 rings (SSSR count). The lowest BCUT2D eigenvalue weighted by atomic mass is 9.86. The molecule has 0 saturated heterocycles. The van der Waals surface area contributed by atoms with E-state index in [1.807, 2.05) is 0 Å². The van der Waals surface area contributed by atoms with Gasteiger partial charge < -0.3 is 10.4 Å². The van der Waals surface area contributed by atoms with Crippen molar-refractivity contribution in [1.29, 1.82) is 0 Å². The number of aliphatic hydroxyl groups is 1. The van der Waals surface area contributed by atoms with Crippen LogP contribution in [-0.4, -0.2) is 17.8 Å². The van der Waals surface area contributed by atoms with Gasteiger partial charge >= 0.3 is 0 Å². The van der Waals surface area contributed by atoms with E-state index in [-0.39, 0.29) is 6.10 Å². The van der Waals surface area contributed by atoms with Crippen molar-refractivity contribution in [3.05, 3.63) is 35.4 Å². The molecule has 0 radical (unpaired) electrons. The van der Waals surface area contributed by atoms with Crippen LogP contribution in [0.3, 0.4) is 0 Å². The van der Waals surface area contributed by atoms with E-state index < -0.39 is 0 Å². The van der Waals surface area contributed by atoms with Crippen molar-refractivity contribution >= 4 is 0 Å². The van der Waals surface area contributed by atoms with Crippen LogP contribution in [0.25, 0.3) is 0 Å². The summed E-state index contributed by atoms with van der Waals surface area (Å²) < 4.78 is 0. The number of rotatable bonds is 5. The summed E-state index contributed by atoms with van der Waals surface area (Å²) >= 11 is 0. The Morgan fingerprint density at radius 2 is 1.74 bits per heavy atom. The molecule has 1 aromatic rings. The Labute approximate surface area is 116 Å². The molecule has 0 aromatic heterocycles. The van der Waals surface area contributed by atoms with Crippen LogP contribution in [0.5, 0.6) is 0 Å². The maximum absolute atomic E-state index is 9.93. The number of hydrogen-bond donors (Lipinski definition) is 2. The molecule has 104 valence electrons. The molecule has 2 N–H and O–H groups in total. The third-order valence-corrected chi connectivity index (χ3v) is 4.63. The summed E-state index contributed by atoms with van der Waals surface area (Å²) in [5.41, 5.74) is 2.86. The van der Waals surface area contributed by atoms with Crippen molar-refractivity contribution in [3.8, 4) is 0 Å². The van der Waals surface area contributed by atoms with Gasteiger partial charge in [0.15, 0.2) is 0 Å². The van der Waals surface area contributed by atoms with Crippen LogP contribution >= 0.6 is 0 Å². The summed E-state index contributed by atoms with van der Waals surface area (Å²) in [7, 11) is 0. The predicted octanol–water partition coefficient (Wildman–Crippen LogP) is 3.20. The van der Waals surface area contributed by atoms with Gasteiger partial charge in [0.25, 0.3) is 0 Å². The van der Waals surface area contributed by atoms with Gasteiger partial charge in [-0.1, -0.05) is 37.1 Å². The highest BCUT2D eigenvalue weighted by molar-refractivity contribution is 5.27. The van der Waals surface area contributed by atoms with Crippen molar-refractivity contribution in [3.63, 3.8) is 0 Å². The van der Waals surface area contributed by atoms with Gasteiger partial charge in [0, 0.05) is 13.1 Å². The first-order valence-electron chi connectivity index (χ1n) is 7.80. The number of nitrogens with one attached hydrogen (secondary N) is 1. The Hall–Kier alpha value is -0.860. The molecular formula is C17H25NO. The molecule has 0 aliphatic heterocycles. The minimum absolute atomic E-state index is 0.0847. The highest BCUT2D eigenvalue weighted by Crippen LogP contribution is 2.39. The van der Waals surface area contributed by atoms with Crippen molar-refractivity contribution in [2.75, 3.05) is 6.54 Å². The van der Waals surface area contributed by atoms with Gasteiger partial charge in [-0.05, 0) is 48.6 Å². The lowest BCUT2D eigenvalue weighted by Crippen LogP contribution is -2.33. The monoisotopic (exact) mass is 259 g/mol. The second-order valence-corrected chi connectivity index (χ2v) is 6.26. The minimum Gasteiger partial charge on any atom is -0.393 e. The molecule has 0 heterocycles. The fourth-order valence-electron chi connectivity index (χ4n) is 3.15. The molecule has 2 fully saturated rings. The Balaban J connectivity index is 1.43. The minimum atomic E-state index is -0.0847. The second-order valence-electron chi connectivity index (χ2n) is 6.26. The Morgan fingerprint density at radius 3 is 2.42 bits per heavy atom. The van der Waals surface area contributed by atoms with Gasteiger partial charge in [-0.3, -0.25) is 0 Å². The van der Waals surface area contributed by atoms with E-state index in [1.54, 1.807) is 0 Å². The van der Waals surface area contributed by atoms with Crippen LogP contribution in [0.4, 0.5) is 0 Å². The molecule has 2 aliphatic rings. The fraction of sp³-hybridized carbons (Fsp3) is 0.647. The SMILES string of the molecule is OC1CCCCC1CNCc1ccc(C2CC2)cc1. The largest absolute Gasteiger partial charge is 0.393 e. The van der Waals surface area contributed by atoms with E-state index in [4.69, 9.17) is 0 Å². The molecule has 0 spiro atoms. The van der Waals surface area contributed by atoms with Gasteiger partial charge in [0.2, 0.25) is 0 Å². The maximum Gasteiger partial charge on any atom is 0.0580 e. The van der Waals surface area contributed by atoms with Gasteiger partial charge in [0.05, 0.1) is 6.10 Å². The molecule has 2 saturated carbocycles. The number of aliphatic hydroxyl groups excluding tert-OH is 1. The lowest BCUT2D eigenvalue weighted by Gasteiger charge is -2.27. The third-order valence-electron chi connectivity index (χ3n) is 4.63. The standard InChI is InChI=1S/C17H25NO/c19-17-4-2-1-3-16(17)12-18-11-13-5-7-14(8-6-13)15-9-10-15/h5-8,15-19H,1-4,9-12H2. The second kappa shape index (κ2) is 6.06. The van der Waals surface area contributed by atoms with Crippen molar-refractivity contribution in [2.45, 2.75) is 57.1 Å². The highest BCUT2D eigenvalue weighted by Gasteiger charge is 2.23. The fourth-order valence-corrected chi connectivity index (χ4v) is 3.15. The zero-order valence-corrected chi connectivity index (χ0v) is 11.6. The maximum atomic E-state index is 9.93. The molecule has 2 aliphatic carbocycles. The van der Waals surface area contributed by atoms with E-state index >= 15 is 0 Å². The summed E-state index contributed by atoms with van der Waals surface area (Å²) in [6, 6.07) is 9.06. The highest BCUT2D eigenvalue weighted by atomic mass is 16.3. The zero-order chi connectivity index (χ0) is 13.1. The van der Waals surface area contributed by atoms with Crippen molar-refractivity contribution < 1.29 is 5.11 Å². The molecule has 2 atom stereocenters. The van der Waals surface area contributed by atoms with Crippen LogP contribution in [-0.2, 0) is 6.54 Å². The molecule has 0 amide bonds.